The molecule has 2 aliphatic rings. The minimum Gasteiger partial charge on any atom is -0.496 e. The van der Waals surface area contributed by atoms with Crippen molar-refractivity contribution in [1.82, 2.24) is 15.5 Å². The maximum Gasteiger partial charge on any atom is 0.446 e. The van der Waals surface area contributed by atoms with Crippen LogP contribution in [0.4, 0.5) is 23.2 Å². The Hall–Kier alpha value is -3.54. The van der Waals surface area contributed by atoms with Crippen LogP contribution in [0.2, 0.25) is 0 Å². The Bertz CT molecular complexity index is 1370. The molecule has 4 atom stereocenters. The maximum atomic E-state index is 14.7. The molecule has 7 nitrogen and oxygen atoms in total. The summed E-state index contributed by atoms with van der Waals surface area (Å²) < 4.78 is 58.4. The van der Waals surface area contributed by atoms with Crippen LogP contribution in [-0.4, -0.2) is 40.7 Å². The van der Waals surface area contributed by atoms with Gasteiger partial charge in [-0.15, -0.1) is 0 Å². The van der Waals surface area contributed by atoms with E-state index in [0.717, 1.165) is 24.8 Å². The number of hydrogen-bond acceptors (Lipinski definition) is 5. The first kappa shape index (κ1) is 27.0. The number of methoxy groups -OCH3 is 1. The highest BCUT2D eigenvalue weighted by Crippen LogP contribution is 2.49. The predicted octanol–water partition coefficient (Wildman–Crippen LogP) is 5.54. The Morgan fingerprint density at radius 3 is 2.69 bits per heavy atom. The number of ether oxygens (including phenoxy) is 1. The van der Waals surface area contributed by atoms with Crippen molar-refractivity contribution in [2.45, 2.75) is 42.1 Å². The number of carbonyl (C=O) groups is 2. The van der Waals surface area contributed by atoms with Gasteiger partial charge in [0.15, 0.2) is 0 Å². The first-order chi connectivity index (χ1) is 18.6. The summed E-state index contributed by atoms with van der Waals surface area (Å²) in [6, 6.07) is 7.73. The lowest BCUT2D eigenvalue weighted by Gasteiger charge is -2.31. The molecule has 206 valence electrons. The van der Waals surface area contributed by atoms with Gasteiger partial charge in [0.25, 0.3) is 5.91 Å². The number of H-pyrrole nitrogens is 1. The van der Waals surface area contributed by atoms with E-state index in [9.17, 15) is 27.2 Å². The predicted molar refractivity (Wildman–Crippen MR) is 137 cm³/mol. The van der Waals surface area contributed by atoms with Crippen molar-refractivity contribution < 1.29 is 31.9 Å². The van der Waals surface area contributed by atoms with Crippen molar-refractivity contribution in [2.24, 2.45) is 17.8 Å². The second-order valence-electron chi connectivity index (χ2n) is 9.85. The number of aromatic nitrogens is 2. The standard InChI is InChI=1S/C27H26F4N4O3S/c1-38-22-11-21(28)17(7-14-12-32-33-13-14)9-20(22)25(36)35-24-16-6-5-15(8-16)23(24)26(37)34-18-3-2-4-19(10-18)39-27(29,30)31/h2-4,9-13,15-16,23-24H,5-8H2,1H3,(H,32,33)(H,34,37)(H,35,36). The van der Waals surface area contributed by atoms with Crippen LogP contribution in [0.5, 0.6) is 5.75 Å². The van der Waals surface area contributed by atoms with E-state index in [4.69, 9.17) is 4.74 Å². The monoisotopic (exact) mass is 562 g/mol. The molecule has 2 aliphatic carbocycles. The number of amides is 2. The molecule has 0 aliphatic heterocycles. The number of alkyl halides is 3. The minimum absolute atomic E-state index is 0.0345. The van der Waals surface area contributed by atoms with Gasteiger partial charge in [0, 0.05) is 35.3 Å². The number of thioether (sulfide) groups is 1. The Labute approximate surface area is 226 Å². The van der Waals surface area contributed by atoms with E-state index in [1.54, 1.807) is 12.4 Å². The molecule has 1 heterocycles. The Morgan fingerprint density at radius 2 is 1.97 bits per heavy atom. The summed E-state index contributed by atoms with van der Waals surface area (Å²) in [5.41, 5.74) is -3.00. The fourth-order valence-electron chi connectivity index (χ4n) is 5.78. The number of hydrogen-bond donors (Lipinski definition) is 3. The summed E-state index contributed by atoms with van der Waals surface area (Å²) in [6.45, 7) is 0. The number of nitrogens with zero attached hydrogens (tertiary/aromatic N) is 1. The molecular formula is C27H26F4N4O3S. The number of benzene rings is 2. The number of halogens is 4. The molecule has 2 bridgehead atoms. The number of carbonyl (C=O) groups excluding carboxylic acids is 2. The summed E-state index contributed by atoms with van der Waals surface area (Å²) in [7, 11) is 1.35. The fourth-order valence-corrected chi connectivity index (χ4v) is 6.38. The van der Waals surface area contributed by atoms with Crippen LogP contribution in [0.25, 0.3) is 0 Å². The lowest BCUT2D eigenvalue weighted by Crippen LogP contribution is -2.48. The first-order valence-corrected chi connectivity index (χ1v) is 13.2. The average Bonchev–Trinajstić information content (AvgIpc) is 3.62. The van der Waals surface area contributed by atoms with Crippen molar-refractivity contribution in [3.8, 4) is 5.75 Å². The third-order valence-electron chi connectivity index (χ3n) is 7.41. The molecule has 0 radical (unpaired) electrons. The molecule has 2 amide bonds. The lowest BCUT2D eigenvalue weighted by molar-refractivity contribution is -0.122. The second kappa shape index (κ2) is 10.9. The van der Waals surface area contributed by atoms with E-state index in [2.05, 4.69) is 20.8 Å². The number of anilines is 1. The van der Waals surface area contributed by atoms with E-state index in [-0.39, 0.29) is 57.8 Å². The fraction of sp³-hybridized carbons (Fsp3) is 0.370. The molecule has 3 N–H and O–H groups in total. The van der Waals surface area contributed by atoms with Gasteiger partial charge in [-0.25, -0.2) is 4.39 Å². The van der Waals surface area contributed by atoms with Crippen LogP contribution in [-0.2, 0) is 11.2 Å². The summed E-state index contributed by atoms with van der Waals surface area (Å²) in [4.78, 5) is 26.8. The molecule has 0 saturated heterocycles. The zero-order valence-corrected chi connectivity index (χ0v) is 21.7. The highest BCUT2D eigenvalue weighted by Gasteiger charge is 2.51. The lowest BCUT2D eigenvalue weighted by atomic mass is 9.83. The molecule has 2 fully saturated rings. The molecule has 4 unspecified atom stereocenters. The summed E-state index contributed by atoms with van der Waals surface area (Å²) in [5.74, 6) is -1.72. The van der Waals surface area contributed by atoms with Crippen LogP contribution >= 0.6 is 11.8 Å². The van der Waals surface area contributed by atoms with Gasteiger partial charge in [0.2, 0.25) is 5.91 Å². The van der Waals surface area contributed by atoms with Crippen molar-refractivity contribution in [1.29, 1.82) is 0 Å². The molecule has 2 aromatic carbocycles. The Kier molecular flexibility index (Phi) is 7.57. The van der Waals surface area contributed by atoms with Gasteiger partial charge >= 0.3 is 5.51 Å². The minimum atomic E-state index is -4.44. The number of nitrogens with one attached hydrogen (secondary N) is 3. The second-order valence-corrected chi connectivity index (χ2v) is 11.0. The summed E-state index contributed by atoms with van der Waals surface area (Å²) in [6.07, 6.45) is 5.87. The zero-order chi connectivity index (χ0) is 27.7. The number of fused-ring (bicyclic) bond motifs is 2. The topological polar surface area (TPSA) is 96.1 Å². The highest BCUT2D eigenvalue weighted by molar-refractivity contribution is 8.00. The van der Waals surface area contributed by atoms with Crippen LogP contribution in [0.15, 0.2) is 53.7 Å². The van der Waals surface area contributed by atoms with Crippen molar-refractivity contribution in [2.75, 3.05) is 12.4 Å². The van der Waals surface area contributed by atoms with Crippen molar-refractivity contribution >= 4 is 29.3 Å². The first-order valence-electron chi connectivity index (χ1n) is 12.4. The quantitative estimate of drug-likeness (QED) is 0.247. The van der Waals surface area contributed by atoms with Crippen molar-refractivity contribution in [3.63, 3.8) is 0 Å². The summed E-state index contributed by atoms with van der Waals surface area (Å²) in [5, 5.41) is 12.3. The molecule has 1 aromatic heterocycles. The Balaban J connectivity index is 1.34. The Morgan fingerprint density at radius 1 is 1.18 bits per heavy atom. The number of rotatable bonds is 8. The van der Waals surface area contributed by atoms with Gasteiger partial charge in [-0.2, -0.15) is 18.3 Å². The smallest absolute Gasteiger partial charge is 0.446 e. The van der Waals surface area contributed by atoms with Crippen LogP contribution in [0.3, 0.4) is 0 Å². The van der Waals surface area contributed by atoms with E-state index in [0.29, 0.717) is 5.56 Å². The van der Waals surface area contributed by atoms with Crippen LogP contribution < -0.4 is 15.4 Å². The largest absolute Gasteiger partial charge is 0.496 e. The molecule has 0 spiro atoms. The SMILES string of the molecule is COc1cc(F)c(Cc2cn[nH]c2)cc1C(=O)NC1C2CCC(C2)C1C(=O)Nc1cccc(SC(F)(F)F)c1. The van der Waals surface area contributed by atoms with Gasteiger partial charge in [-0.3, -0.25) is 14.7 Å². The zero-order valence-electron chi connectivity index (χ0n) is 20.8. The third-order valence-corrected chi connectivity index (χ3v) is 8.14. The molecule has 3 aromatic rings. The normalized spacial score (nSPS) is 22.1. The number of aromatic amines is 1. The van der Waals surface area contributed by atoms with E-state index in [1.165, 1.54) is 43.5 Å². The van der Waals surface area contributed by atoms with Crippen molar-refractivity contribution in [3.05, 3.63) is 71.3 Å². The van der Waals surface area contributed by atoms with Gasteiger partial charge in [0.1, 0.15) is 11.6 Å². The molecule has 2 saturated carbocycles. The van der Waals surface area contributed by atoms with E-state index < -0.39 is 29.2 Å². The van der Waals surface area contributed by atoms with Gasteiger partial charge in [-0.05, 0) is 78.3 Å². The molecular weight excluding hydrogens is 536 g/mol. The summed E-state index contributed by atoms with van der Waals surface area (Å²) >= 11 is -0.253. The van der Waals surface area contributed by atoms with Gasteiger partial charge < -0.3 is 15.4 Å². The molecule has 39 heavy (non-hydrogen) atoms. The molecule has 12 heteroatoms. The van der Waals surface area contributed by atoms with Crippen LogP contribution in [0, 0.1) is 23.6 Å². The maximum absolute atomic E-state index is 14.7. The third kappa shape index (κ3) is 6.05. The van der Waals surface area contributed by atoms with E-state index in [1.807, 2.05) is 0 Å². The molecule has 5 rings (SSSR count). The van der Waals surface area contributed by atoms with E-state index >= 15 is 0 Å². The van der Waals surface area contributed by atoms with Gasteiger partial charge in [0.05, 0.1) is 24.8 Å². The van der Waals surface area contributed by atoms with Gasteiger partial charge in [-0.1, -0.05) is 6.07 Å². The average molecular weight is 563 g/mol. The highest BCUT2D eigenvalue weighted by atomic mass is 32.2. The van der Waals surface area contributed by atoms with Crippen LogP contribution in [0.1, 0.15) is 40.7 Å².